The third-order valence-electron chi connectivity index (χ3n) is 3.12. The van der Waals surface area contributed by atoms with Gasteiger partial charge in [0.05, 0.1) is 4.92 Å². The fourth-order valence-electron chi connectivity index (χ4n) is 1.77. The lowest BCUT2D eigenvalue weighted by Gasteiger charge is -2.22. The van der Waals surface area contributed by atoms with Crippen molar-refractivity contribution in [3.8, 4) is 0 Å². The number of hydrogen-bond donors (Lipinski definition) is 3. The fraction of sp³-hybridized carbons (Fsp3) is 0.385. The molecule has 0 heterocycles. The Morgan fingerprint density at radius 3 is 2.62 bits per heavy atom. The molecule has 0 fully saturated rings. The maximum Gasteiger partial charge on any atom is 0.312 e. The monoisotopic (exact) mass is 294 g/mol. The first kappa shape index (κ1) is 16.4. The van der Waals surface area contributed by atoms with E-state index in [-0.39, 0.29) is 17.3 Å². The number of non-ortho nitro benzene ring substituents is 1. The van der Waals surface area contributed by atoms with Crippen molar-refractivity contribution in [3.05, 3.63) is 34.4 Å². The van der Waals surface area contributed by atoms with Gasteiger partial charge < -0.3 is 16.4 Å². The van der Waals surface area contributed by atoms with Crippen molar-refractivity contribution in [3.63, 3.8) is 0 Å². The van der Waals surface area contributed by atoms with Crippen LogP contribution in [0.5, 0.6) is 0 Å². The molecule has 8 nitrogen and oxygen atoms in total. The van der Waals surface area contributed by atoms with Gasteiger partial charge in [-0.25, -0.2) is 4.79 Å². The molecule has 0 bridgehead atoms. The molecule has 8 heteroatoms. The highest BCUT2D eigenvalue weighted by molar-refractivity contribution is 5.97. The van der Waals surface area contributed by atoms with E-state index in [1.54, 1.807) is 6.92 Å². The Morgan fingerprint density at radius 2 is 2.10 bits per heavy atom. The molecule has 4 N–H and O–H groups in total. The average Bonchev–Trinajstić information content (AvgIpc) is 2.43. The topological polar surface area (TPSA) is 127 Å². The number of amides is 3. The van der Waals surface area contributed by atoms with E-state index in [1.165, 1.54) is 24.3 Å². The number of hydrogen-bond acceptors (Lipinski definition) is 4. The number of rotatable bonds is 6. The number of nitro groups is 1. The molecule has 1 aromatic carbocycles. The average molecular weight is 294 g/mol. The number of nitrogens with zero attached hydrogens (tertiary/aromatic N) is 1. The van der Waals surface area contributed by atoms with Gasteiger partial charge in [-0.15, -0.1) is 0 Å². The molecular weight excluding hydrogens is 276 g/mol. The number of primary amides is 1. The zero-order chi connectivity index (χ0) is 16.0. The smallest absolute Gasteiger partial charge is 0.312 e. The lowest BCUT2D eigenvalue weighted by atomic mass is 9.98. The number of nitrogens with two attached hydrogens (primary N) is 1. The van der Waals surface area contributed by atoms with Gasteiger partial charge in [-0.2, -0.15) is 0 Å². The number of nitro benzene ring substituents is 1. The molecule has 1 aromatic rings. The summed E-state index contributed by atoms with van der Waals surface area (Å²) >= 11 is 0. The van der Waals surface area contributed by atoms with Gasteiger partial charge in [-0.1, -0.05) is 26.3 Å². The number of carbonyl (C=O) groups is 2. The Morgan fingerprint density at radius 1 is 1.43 bits per heavy atom. The predicted octanol–water partition coefficient (Wildman–Crippen LogP) is 1.62. The summed E-state index contributed by atoms with van der Waals surface area (Å²) in [6, 6.07) is 3.97. The first-order chi connectivity index (χ1) is 9.85. The van der Waals surface area contributed by atoms with Crippen LogP contribution in [0.1, 0.15) is 20.3 Å². The molecule has 0 radical (unpaired) electrons. The lowest BCUT2D eigenvalue weighted by molar-refractivity contribution is -0.384. The maximum atomic E-state index is 12.2. The van der Waals surface area contributed by atoms with Gasteiger partial charge in [0.25, 0.3) is 5.69 Å². The Hall–Kier alpha value is -2.64. The van der Waals surface area contributed by atoms with Crippen molar-refractivity contribution < 1.29 is 14.5 Å². The molecule has 0 saturated carbocycles. The van der Waals surface area contributed by atoms with Gasteiger partial charge in [0.2, 0.25) is 5.91 Å². The second-order valence-electron chi connectivity index (χ2n) is 4.67. The van der Waals surface area contributed by atoms with Crippen LogP contribution in [0.2, 0.25) is 0 Å². The zero-order valence-electron chi connectivity index (χ0n) is 11.8. The van der Waals surface area contributed by atoms with Crippen molar-refractivity contribution in [2.75, 3.05) is 5.32 Å². The first-order valence-electron chi connectivity index (χ1n) is 6.46. The summed E-state index contributed by atoms with van der Waals surface area (Å²) in [6.07, 6.45) is 0.660. The van der Waals surface area contributed by atoms with Crippen LogP contribution in [-0.2, 0) is 4.79 Å². The SMILES string of the molecule is CCC(C)C(NC(N)=O)C(=O)Nc1cccc([N+](=O)[O-])c1. The van der Waals surface area contributed by atoms with E-state index in [0.717, 1.165) is 0 Å². The van der Waals surface area contributed by atoms with E-state index in [1.807, 2.05) is 6.92 Å². The van der Waals surface area contributed by atoms with E-state index < -0.39 is 22.9 Å². The highest BCUT2D eigenvalue weighted by atomic mass is 16.6. The van der Waals surface area contributed by atoms with Crippen LogP contribution in [0, 0.1) is 16.0 Å². The van der Waals surface area contributed by atoms with E-state index in [9.17, 15) is 19.7 Å². The van der Waals surface area contributed by atoms with Crippen LogP contribution in [0.15, 0.2) is 24.3 Å². The Bertz CT molecular complexity index is 547. The minimum atomic E-state index is -0.799. The van der Waals surface area contributed by atoms with E-state index >= 15 is 0 Å². The highest BCUT2D eigenvalue weighted by Crippen LogP contribution is 2.18. The van der Waals surface area contributed by atoms with Crippen molar-refractivity contribution in [1.82, 2.24) is 5.32 Å². The number of nitrogens with one attached hydrogen (secondary N) is 2. The highest BCUT2D eigenvalue weighted by Gasteiger charge is 2.25. The first-order valence-corrected chi connectivity index (χ1v) is 6.46. The van der Waals surface area contributed by atoms with Gasteiger partial charge in [-0.05, 0) is 12.0 Å². The fourth-order valence-corrected chi connectivity index (χ4v) is 1.77. The summed E-state index contributed by atoms with van der Waals surface area (Å²) in [5, 5.41) is 15.6. The lowest BCUT2D eigenvalue weighted by Crippen LogP contribution is -2.49. The van der Waals surface area contributed by atoms with Crippen molar-refractivity contribution in [2.45, 2.75) is 26.3 Å². The third-order valence-corrected chi connectivity index (χ3v) is 3.12. The third kappa shape index (κ3) is 4.75. The number of anilines is 1. The van der Waals surface area contributed by atoms with E-state index in [0.29, 0.717) is 6.42 Å². The molecule has 114 valence electrons. The Labute approximate surface area is 121 Å². The summed E-state index contributed by atoms with van der Waals surface area (Å²) in [4.78, 5) is 33.3. The van der Waals surface area contributed by atoms with Crippen LogP contribution >= 0.6 is 0 Å². The molecule has 0 spiro atoms. The summed E-state index contributed by atoms with van der Waals surface area (Å²) in [5.74, 6) is -0.597. The van der Waals surface area contributed by atoms with Crippen LogP contribution in [0.25, 0.3) is 0 Å². The molecule has 3 amide bonds. The van der Waals surface area contributed by atoms with Crippen molar-refractivity contribution in [1.29, 1.82) is 0 Å². The van der Waals surface area contributed by atoms with Gasteiger partial charge in [0, 0.05) is 17.8 Å². The van der Waals surface area contributed by atoms with Gasteiger partial charge >= 0.3 is 6.03 Å². The maximum absolute atomic E-state index is 12.2. The molecular formula is C13H18N4O4. The second-order valence-corrected chi connectivity index (χ2v) is 4.67. The van der Waals surface area contributed by atoms with Gasteiger partial charge in [0.15, 0.2) is 0 Å². The summed E-state index contributed by atoms with van der Waals surface area (Å²) < 4.78 is 0. The van der Waals surface area contributed by atoms with Crippen molar-refractivity contribution in [2.24, 2.45) is 11.7 Å². The van der Waals surface area contributed by atoms with Gasteiger partial charge in [-0.3, -0.25) is 14.9 Å². The molecule has 21 heavy (non-hydrogen) atoms. The Kier molecular flexibility index (Phi) is 5.65. The summed E-state index contributed by atoms with van der Waals surface area (Å²) in [6.45, 7) is 3.68. The minimum absolute atomic E-state index is 0.129. The van der Waals surface area contributed by atoms with Gasteiger partial charge in [0.1, 0.15) is 6.04 Å². The van der Waals surface area contributed by atoms with Crippen LogP contribution in [0.4, 0.5) is 16.2 Å². The molecule has 0 aromatic heterocycles. The molecule has 0 aliphatic heterocycles. The van der Waals surface area contributed by atoms with Crippen LogP contribution in [0.3, 0.4) is 0 Å². The molecule has 0 aliphatic carbocycles. The van der Waals surface area contributed by atoms with Crippen LogP contribution in [-0.4, -0.2) is 22.9 Å². The molecule has 2 unspecified atom stereocenters. The summed E-state index contributed by atoms with van der Waals surface area (Å²) in [5.41, 5.74) is 5.22. The molecule has 2 atom stereocenters. The van der Waals surface area contributed by atoms with E-state index in [4.69, 9.17) is 5.73 Å². The number of benzene rings is 1. The largest absolute Gasteiger partial charge is 0.352 e. The quantitative estimate of drug-likeness (QED) is 0.544. The molecule has 0 aliphatic rings. The second kappa shape index (κ2) is 7.22. The van der Waals surface area contributed by atoms with Crippen molar-refractivity contribution >= 4 is 23.3 Å². The normalized spacial score (nSPS) is 13.0. The summed E-state index contributed by atoms with van der Waals surface area (Å²) in [7, 11) is 0. The molecule has 0 saturated heterocycles. The molecule has 1 rings (SSSR count). The van der Waals surface area contributed by atoms with Crippen LogP contribution < -0.4 is 16.4 Å². The number of carbonyl (C=O) groups excluding carboxylic acids is 2. The predicted molar refractivity (Wildman–Crippen MR) is 77.7 cm³/mol. The Balaban J connectivity index is 2.88. The minimum Gasteiger partial charge on any atom is -0.352 e. The zero-order valence-corrected chi connectivity index (χ0v) is 11.8. The van der Waals surface area contributed by atoms with E-state index in [2.05, 4.69) is 10.6 Å². The number of urea groups is 1. The standard InChI is InChI=1S/C13H18N4O4/c1-3-8(2)11(16-13(14)19)12(18)15-9-5-4-6-10(7-9)17(20)21/h4-8,11H,3H2,1-2H3,(H,15,18)(H3,14,16,19).